The second kappa shape index (κ2) is 11.3. The van der Waals surface area contributed by atoms with Crippen LogP contribution in [-0.2, 0) is 10.0 Å². The lowest BCUT2D eigenvalue weighted by Crippen LogP contribution is -2.51. The number of hydrogen-bond acceptors (Lipinski definition) is 5. The molecule has 8 nitrogen and oxygen atoms in total. The summed E-state index contributed by atoms with van der Waals surface area (Å²) in [6, 6.07) is 7.36. The third-order valence-electron chi connectivity index (χ3n) is 6.40. The quantitative estimate of drug-likeness (QED) is 0.287. The van der Waals surface area contributed by atoms with Gasteiger partial charge < -0.3 is 21.3 Å². The van der Waals surface area contributed by atoms with E-state index in [1.165, 1.54) is 44.4 Å². The number of likely N-dealkylation sites (tertiary alicyclic amines) is 1. The van der Waals surface area contributed by atoms with Gasteiger partial charge in [0.1, 0.15) is 0 Å². The first-order chi connectivity index (χ1) is 14.8. The number of guanidine groups is 1. The zero-order valence-electron chi connectivity index (χ0n) is 18.6. The van der Waals surface area contributed by atoms with E-state index in [-0.39, 0.29) is 17.0 Å². The Balaban J connectivity index is 1.62. The van der Waals surface area contributed by atoms with E-state index in [0.717, 1.165) is 44.5 Å². The average molecular weight is 451 g/mol. The minimum absolute atomic E-state index is 0.0921. The lowest BCUT2D eigenvalue weighted by molar-refractivity contribution is 0.160. The molecule has 0 spiro atoms. The monoisotopic (exact) mass is 450 g/mol. The summed E-state index contributed by atoms with van der Waals surface area (Å²) < 4.78 is 23.0. The van der Waals surface area contributed by atoms with Crippen molar-refractivity contribution in [3.05, 3.63) is 24.3 Å². The van der Waals surface area contributed by atoms with Crippen molar-refractivity contribution in [2.75, 3.05) is 25.0 Å². The van der Waals surface area contributed by atoms with E-state index < -0.39 is 10.0 Å². The number of rotatable bonds is 7. The molecule has 1 aliphatic carbocycles. The maximum atomic E-state index is 11.5. The van der Waals surface area contributed by atoms with Crippen molar-refractivity contribution in [2.45, 2.75) is 81.3 Å². The largest absolute Gasteiger partial charge is 0.352 e. The Labute approximate surface area is 186 Å². The smallest absolute Gasteiger partial charge is 0.238 e. The number of primary sulfonamides is 1. The number of benzene rings is 1. The van der Waals surface area contributed by atoms with E-state index >= 15 is 0 Å². The molecule has 2 fully saturated rings. The summed E-state index contributed by atoms with van der Waals surface area (Å²) in [5, 5.41) is 12.0. The highest BCUT2D eigenvalue weighted by Gasteiger charge is 2.23. The van der Waals surface area contributed by atoms with Crippen LogP contribution in [0, 0.1) is 0 Å². The second-order valence-corrected chi connectivity index (χ2v) is 10.4. The predicted octanol–water partition coefficient (Wildman–Crippen LogP) is 2.23. The summed E-state index contributed by atoms with van der Waals surface area (Å²) in [7, 11) is -3.71. The second-order valence-electron chi connectivity index (χ2n) is 8.86. The third kappa shape index (κ3) is 7.45. The molecule has 0 amide bonds. The molecule has 6 N–H and O–H groups in total. The Kier molecular flexibility index (Phi) is 8.71. The van der Waals surface area contributed by atoms with Crippen LogP contribution in [-0.4, -0.2) is 57.0 Å². The van der Waals surface area contributed by atoms with Crippen LogP contribution >= 0.6 is 0 Å². The van der Waals surface area contributed by atoms with Gasteiger partial charge in [0.2, 0.25) is 10.0 Å². The van der Waals surface area contributed by atoms with Crippen molar-refractivity contribution in [1.29, 1.82) is 0 Å². The molecule has 3 atom stereocenters. The molecule has 2 aliphatic rings. The molecule has 1 heterocycles. The van der Waals surface area contributed by atoms with E-state index in [1.54, 1.807) is 12.1 Å². The Hall–Kier alpha value is -1.68. The highest BCUT2D eigenvalue weighted by atomic mass is 32.2. The van der Waals surface area contributed by atoms with Crippen LogP contribution < -0.4 is 21.5 Å². The minimum Gasteiger partial charge on any atom is -0.352 e. The molecule has 9 heteroatoms. The maximum absolute atomic E-state index is 11.5. The number of hydrogen-bond donors (Lipinski definition) is 4. The molecule has 0 bridgehead atoms. The fourth-order valence-corrected chi connectivity index (χ4v) is 4.97. The summed E-state index contributed by atoms with van der Waals surface area (Å²) in [4.78, 5) is 7.45. The number of nitrogens with one attached hydrogen (secondary N) is 2. The molecule has 1 aliphatic heterocycles. The van der Waals surface area contributed by atoms with Crippen molar-refractivity contribution in [1.82, 2.24) is 10.2 Å². The Morgan fingerprint density at radius 1 is 1.13 bits per heavy atom. The van der Waals surface area contributed by atoms with Gasteiger partial charge in [-0.2, -0.15) is 0 Å². The summed E-state index contributed by atoms with van der Waals surface area (Å²) >= 11 is 0. The van der Waals surface area contributed by atoms with Gasteiger partial charge in [-0.25, -0.2) is 13.6 Å². The lowest BCUT2D eigenvalue weighted by atomic mass is 9.91. The van der Waals surface area contributed by atoms with E-state index in [1.807, 2.05) is 0 Å². The number of nitrogens with zero attached hydrogens (tertiary/aromatic N) is 2. The molecule has 1 saturated carbocycles. The number of aliphatic imine (C=N–C) groups is 1. The van der Waals surface area contributed by atoms with Crippen molar-refractivity contribution >= 4 is 21.7 Å². The first-order valence-electron chi connectivity index (χ1n) is 11.5. The SMILES string of the molecule is CC1CCCCN1CCCN=C(Nc1ccc(S(N)(=O)=O)cc1)N[C@H]1CCCC[C@@H]1N. The van der Waals surface area contributed by atoms with E-state index in [9.17, 15) is 8.42 Å². The molecule has 1 saturated heterocycles. The first-order valence-corrected chi connectivity index (χ1v) is 13.1. The van der Waals surface area contributed by atoms with Crippen molar-refractivity contribution in [3.63, 3.8) is 0 Å². The molecule has 0 radical (unpaired) electrons. The van der Waals surface area contributed by atoms with Crippen LogP contribution in [0.2, 0.25) is 0 Å². The van der Waals surface area contributed by atoms with Gasteiger partial charge in [-0.05, 0) is 69.8 Å². The Bertz CT molecular complexity index is 827. The van der Waals surface area contributed by atoms with Crippen LogP contribution in [0.3, 0.4) is 0 Å². The molecular formula is C22H38N6O2S. The molecule has 1 aromatic carbocycles. The van der Waals surface area contributed by atoms with Crippen LogP contribution in [0.15, 0.2) is 34.2 Å². The minimum atomic E-state index is -3.71. The first kappa shape index (κ1) is 24.0. The van der Waals surface area contributed by atoms with Crippen LogP contribution in [0.5, 0.6) is 0 Å². The normalized spacial score (nSPS) is 25.9. The van der Waals surface area contributed by atoms with E-state index in [0.29, 0.717) is 12.0 Å². The van der Waals surface area contributed by atoms with Crippen LogP contribution in [0.25, 0.3) is 0 Å². The highest BCUT2D eigenvalue weighted by molar-refractivity contribution is 7.89. The summed E-state index contributed by atoms with van der Waals surface area (Å²) in [6.45, 7) is 5.27. The molecular weight excluding hydrogens is 412 g/mol. The van der Waals surface area contributed by atoms with Gasteiger partial charge in [0, 0.05) is 36.9 Å². The average Bonchev–Trinajstić information content (AvgIpc) is 2.73. The fourth-order valence-electron chi connectivity index (χ4n) is 4.45. The van der Waals surface area contributed by atoms with E-state index in [2.05, 4.69) is 22.5 Å². The van der Waals surface area contributed by atoms with Crippen molar-refractivity contribution < 1.29 is 8.42 Å². The van der Waals surface area contributed by atoms with Gasteiger partial charge in [0.25, 0.3) is 0 Å². The summed E-state index contributed by atoms with van der Waals surface area (Å²) in [6.07, 6.45) is 9.27. The van der Waals surface area contributed by atoms with Crippen LogP contribution in [0.4, 0.5) is 5.69 Å². The number of nitrogens with two attached hydrogens (primary N) is 2. The Morgan fingerprint density at radius 2 is 1.84 bits per heavy atom. The van der Waals surface area contributed by atoms with Gasteiger partial charge in [-0.15, -0.1) is 0 Å². The molecule has 1 unspecified atom stereocenters. The number of sulfonamides is 1. The van der Waals surface area contributed by atoms with Crippen molar-refractivity contribution in [2.24, 2.45) is 15.9 Å². The third-order valence-corrected chi connectivity index (χ3v) is 7.33. The molecule has 0 aromatic heterocycles. The van der Waals surface area contributed by atoms with Crippen LogP contribution in [0.1, 0.15) is 58.3 Å². The van der Waals surface area contributed by atoms with Crippen molar-refractivity contribution in [3.8, 4) is 0 Å². The topological polar surface area (TPSA) is 126 Å². The molecule has 31 heavy (non-hydrogen) atoms. The predicted molar refractivity (Wildman–Crippen MR) is 127 cm³/mol. The maximum Gasteiger partial charge on any atom is 0.238 e. The summed E-state index contributed by atoms with van der Waals surface area (Å²) in [5.74, 6) is 0.692. The molecule has 174 valence electrons. The van der Waals surface area contributed by atoms with Gasteiger partial charge in [-0.3, -0.25) is 4.99 Å². The summed E-state index contributed by atoms with van der Waals surface area (Å²) in [5.41, 5.74) is 7.08. The highest BCUT2D eigenvalue weighted by Crippen LogP contribution is 2.18. The standard InChI is InChI=1S/C22H38N6O2S/c1-17-7-4-5-15-28(17)16-6-14-25-22(27-21-9-3-2-8-20(21)23)26-18-10-12-19(13-11-18)31(24,29)30/h10-13,17,20-21H,2-9,14-16,23H2,1H3,(H2,24,29,30)(H2,25,26,27)/t17?,20-,21-/m0/s1. The van der Waals surface area contributed by atoms with Gasteiger partial charge >= 0.3 is 0 Å². The van der Waals surface area contributed by atoms with Gasteiger partial charge in [0.05, 0.1) is 4.90 Å². The number of piperidine rings is 1. The molecule has 1 aromatic rings. The van der Waals surface area contributed by atoms with E-state index in [4.69, 9.17) is 15.9 Å². The molecule has 3 rings (SSSR count). The lowest BCUT2D eigenvalue weighted by Gasteiger charge is -2.33. The van der Waals surface area contributed by atoms with Gasteiger partial charge in [0.15, 0.2) is 5.96 Å². The zero-order valence-corrected chi connectivity index (χ0v) is 19.4. The zero-order chi connectivity index (χ0) is 22.3. The fraction of sp³-hybridized carbons (Fsp3) is 0.682. The Morgan fingerprint density at radius 3 is 2.52 bits per heavy atom. The van der Waals surface area contributed by atoms with Gasteiger partial charge in [-0.1, -0.05) is 19.3 Å². The number of anilines is 1.